The van der Waals surface area contributed by atoms with E-state index in [0.717, 1.165) is 45.1 Å². The van der Waals surface area contributed by atoms with E-state index in [1.807, 2.05) is 27.9 Å². The quantitative estimate of drug-likeness (QED) is 0.639. The zero-order valence-corrected chi connectivity index (χ0v) is 19.9. The van der Waals surface area contributed by atoms with Gasteiger partial charge in [0.25, 0.3) is 0 Å². The fourth-order valence-corrected chi connectivity index (χ4v) is 5.88. The molecule has 0 bridgehead atoms. The first kappa shape index (κ1) is 21.6. The first-order valence-corrected chi connectivity index (χ1v) is 11.6. The number of anilines is 2. The van der Waals surface area contributed by atoms with E-state index in [4.69, 9.17) is 4.74 Å². The Labute approximate surface area is 188 Å². The molecule has 1 N–H and O–H groups in total. The number of benzene rings is 1. The van der Waals surface area contributed by atoms with Gasteiger partial charge >= 0.3 is 5.97 Å². The lowest BCUT2D eigenvalue weighted by molar-refractivity contribution is -0.118. The van der Waals surface area contributed by atoms with Gasteiger partial charge in [0.1, 0.15) is 4.88 Å². The molecular formula is C25H30N2O3S. The molecule has 164 valence electrons. The van der Waals surface area contributed by atoms with Crippen LogP contribution in [0.25, 0.3) is 0 Å². The molecule has 1 aliphatic carbocycles. The third-order valence-electron chi connectivity index (χ3n) is 6.16. The molecule has 0 saturated carbocycles. The van der Waals surface area contributed by atoms with Crippen molar-refractivity contribution in [3.63, 3.8) is 0 Å². The molecule has 1 aromatic carbocycles. The highest BCUT2D eigenvalue weighted by molar-refractivity contribution is 7.18. The summed E-state index contributed by atoms with van der Waals surface area (Å²) in [6, 6.07) is 8.38. The lowest BCUT2D eigenvalue weighted by Crippen LogP contribution is -2.33. The van der Waals surface area contributed by atoms with Gasteiger partial charge in [-0.15, -0.1) is 11.3 Å². The molecular weight excluding hydrogens is 408 g/mol. The van der Waals surface area contributed by atoms with Gasteiger partial charge in [-0.25, -0.2) is 4.79 Å². The smallest absolute Gasteiger partial charge is 0.348 e. The van der Waals surface area contributed by atoms with Gasteiger partial charge in [-0.1, -0.05) is 26.0 Å². The van der Waals surface area contributed by atoms with Gasteiger partial charge in [0, 0.05) is 49.0 Å². The van der Waals surface area contributed by atoms with Crippen LogP contribution in [0, 0.1) is 12.3 Å². The van der Waals surface area contributed by atoms with Gasteiger partial charge in [-0.05, 0) is 48.9 Å². The Kier molecular flexibility index (Phi) is 5.46. The average molecular weight is 439 g/mol. The maximum absolute atomic E-state index is 13.4. The predicted octanol–water partition coefficient (Wildman–Crippen LogP) is 5.50. The second kappa shape index (κ2) is 7.83. The molecule has 0 radical (unpaired) electrons. The van der Waals surface area contributed by atoms with Crippen LogP contribution in [0.3, 0.4) is 0 Å². The van der Waals surface area contributed by atoms with Crippen LogP contribution in [0.4, 0.5) is 10.7 Å². The summed E-state index contributed by atoms with van der Waals surface area (Å²) < 4.78 is 5.30. The molecule has 1 aliphatic heterocycles. The van der Waals surface area contributed by atoms with Crippen molar-refractivity contribution in [1.29, 1.82) is 0 Å². The monoisotopic (exact) mass is 438 g/mol. The standard InChI is InChI=1S/C25H30N2O3S/c1-7-30-24(29)22-14(2)19-20(15-8-10-16(11-9-15)27(5)6)21-17(26-23(19)31-22)12-25(3,4)13-18(21)28/h8-11,20,26H,7,12-13H2,1-6H3. The third-order valence-corrected chi connectivity index (χ3v) is 7.36. The lowest BCUT2D eigenvalue weighted by Gasteiger charge is -2.38. The van der Waals surface area contributed by atoms with Crippen molar-refractivity contribution in [2.24, 2.45) is 5.41 Å². The number of ether oxygens (including phenoxy) is 1. The van der Waals surface area contributed by atoms with Crippen molar-refractivity contribution in [2.75, 3.05) is 30.9 Å². The Balaban J connectivity index is 1.89. The van der Waals surface area contributed by atoms with Crippen LogP contribution in [0.5, 0.6) is 0 Å². The van der Waals surface area contributed by atoms with Crippen molar-refractivity contribution in [3.05, 3.63) is 57.1 Å². The minimum atomic E-state index is -0.299. The van der Waals surface area contributed by atoms with Crippen LogP contribution in [-0.4, -0.2) is 32.5 Å². The zero-order chi connectivity index (χ0) is 22.5. The van der Waals surface area contributed by atoms with Gasteiger partial charge in [0.2, 0.25) is 0 Å². The first-order chi connectivity index (χ1) is 14.6. The Morgan fingerprint density at radius 2 is 1.90 bits per heavy atom. The van der Waals surface area contributed by atoms with Crippen molar-refractivity contribution >= 4 is 33.8 Å². The van der Waals surface area contributed by atoms with Crippen LogP contribution in [0.2, 0.25) is 0 Å². The number of ketones is 1. The normalized spacial score (nSPS) is 19.4. The number of carbonyl (C=O) groups is 2. The maximum atomic E-state index is 13.4. The highest BCUT2D eigenvalue weighted by Gasteiger charge is 2.42. The molecule has 1 aromatic heterocycles. The van der Waals surface area contributed by atoms with Crippen molar-refractivity contribution < 1.29 is 14.3 Å². The van der Waals surface area contributed by atoms with Crippen molar-refractivity contribution in [2.45, 2.75) is 46.5 Å². The number of fused-ring (bicyclic) bond motifs is 1. The summed E-state index contributed by atoms with van der Waals surface area (Å²) in [4.78, 5) is 28.6. The number of allylic oxidation sites excluding steroid dienone is 2. The van der Waals surface area contributed by atoms with Gasteiger partial charge in [-0.3, -0.25) is 4.79 Å². The second-order valence-corrected chi connectivity index (χ2v) is 10.4. The van der Waals surface area contributed by atoms with Gasteiger partial charge in [0.15, 0.2) is 5.78 Å². The summed E-state index contributed by atoms with van der Waals surface area (Å²) in [5, 5.41) is 4.48. The second-order valence-electron chi connectivity index (χ2n) is 9.40. The summed E-state index contributed by atoms with van der Waals surface area (Å²) in [6.45, 7) is 8.39. The SMILES string of the molecule is CCOC(=O)c1sc2c(c1C)C(c1ccc(N(C)C)cc1)C1=C(CC(C)(C)CC1=O)N2. The Morgan fingerprint density at radius 3 is 2.52 bits per heavy atom. The molecule has 4 rings (SSSR count). The lowest BCUT2D eigenvalue weighted by atomic mass is 9.69. The molecule has 5 nitrogen and oxygen atoms in total. The Hall–Kier alpha value is -2.60. The van der Waals surface area contributed by atoms with Crippen LogP contribution in [-0.2, 0) is 9.53 Å². The molecule has 0 fully saturated rings. The third kappa shape index (κ3) is 3.78. The molecule has 0 amide bonds. The van der Waals surface area contributed by atoms with E-state index in [1.165, 1.54) is 11.3 Å². The van der Waals surface area contributed by atoms with E-state index in [2.05, 4.69) is 48.3 Å². The summed E-state index contributed by atoms with van der Waals surface area (Å²) in [5.74, 6) is -0.285. The summed E-state index contributed by atoms with van der Waals surface area (Å²) in [7, 11) is 4.03. The largest absolute Gasteiger partial charge is 0.462 e. The number of rotatable bonds is 4. The van der Waals surface area contributed by atoms with Gasteiger partial charge < -0.3 is 15.0 Å². The topological polar surface area (TPSA) is 58.6 Å². The minimum Gasteiger partial charge on any atom is -0.462 e. The maximum Gasteiger partial charge on any atom is 0.348 e. The fraction of sp³-hybridized carbons (Fsp3) is 0.440. The average Bonchev–Trinajstić information content (AvgIpc) is 3.02. The van der Waals surface area contributed by atoms with E-state index in [1.54, 1.807) is 0 Å². The molecule has 31 heavy (non-hydrogen) atoms. The first-order valence-electron chi connectivity index (χ1n) is 10.7. The molecule has 6 heteroatoms. The molecule has 1 atom stereocenters. The van der Waals surface area contributed by atoms with E-state index in [0.29, 0.717) is 17.9 Å². The predicted molar refractivity (Wildman–Crippen MR) is 126 cm³/mol. The van der Waals surface area contributed by atoms with Crippen LogP contribution in [0.15, 0.2) is 35.5 Å². The zero-order valence-electron chi connectivity index (χ0n) is 19.1. The number of thiophene rings is 1. The molecule has 2 heterocycles. The Bertz CT molecular complexity index is 1080. The number of nitrogens with one attached hydrogen (secondary N) is 1. The highest BCUT2D eigenvalue weighted by atomic mass is 32.1. The number of hydrogen-bond donors (Lipinski definition) is 1. The number of nitrogens with zero attached hydrogens (tertiary/aromatic N) is 1. The summed E-state index contributed by atoms with van der Waals surface area (Å²) >= 11 is 1.43. The molecule has 2 aromatic rings. The Morgan fingerprint density at radius 1 is 1.23 bits per heavy atom. The molecule has 0 saturated heterocycles. The van der Waals surface area contributed by atoms with Crippen molar-refractivity contribution in [3.8, 4) is 0 Å². The fourth-order valence-electron chi connectivity index (χ4n) is 4.72. The van der Waals surface area contributed by atoms with Crippen LogP contribution in [0.1, 0.15) is 65.9 Å². The highest BCUT2D eigenvalue weighted by Crippen LogP contribution is 2.53. The molecule has 1 unspecified atom stereocenters. The van der Waals surface area contributed by atoms with Gasteiger partial charge in [0.05, 0.1) is 11.6 Å². The number of carbonyl (C=O) groups excluding carboxylic acids is 2. The van der Waals surface area contributed by atoms with E-state index in [-0.39, 0.29) is 23.1 Å². The van der Waals surface area contributed by atoms with Crippen LogP contribution < -0.4 is 10.2 Å². The van der Waals surface area contributed by atoms with E-state index in [9.17, 15) is 9.59 Å². The summed E-state index contributed by atoms with van der Waals surface area (Å²) in [6.07, 6.45) is 1.34. The van der Waals surface area contributed by atoms with E-state index < -0.39 is 0 Å². The number of hydrogen-bond acceptors (Lipinski definition) is 6. The minimum absolute atomic E-state index is 0.0873. The van der Waals surface area contributed by atoms with Crippen LogP contribution >= 0.6 is 11.3 Å². The molecule has 2 aliphatic rings. The molecule has 0 spiro atoms. The summed E-state index contributed by atoms with van der Waals surface area (Å²) in [5.41, 5.74) is 5.86. The van der Waals surface area contributed by atoms with Gasteiger partial charge in [-0.2, -0.15) is 0 Å². The number of Topliss-reactive ketones (excluding diaryl/α,β-unsaturated/α-hetero) is 1. The number of esters is 1. The van der Waals surface area contributed by atoms with E-state index >= 15 is 0 Å². The van der Waals surface area contributed by atoms with Crippen molar-refractivity contribution in [1.82, 2.24) is 0 Å².